The van der Waals surface area contributed by atoms with E-state index in [2.05, 4.69) is 4.98 Å². The minimum atomic E-state index is -0.363. The Balaban J connectivity index is 2.49. The molecule has 0 saturated heterocycles. The summed E-state index contributed by atoms with van der Waals surface area (Å²) in [6.07, 6.45) is 0. The van der Waals surface area contributed by atoms with E-state index in [1.165, 1.54) is 36.3 Å². The number of amides is 1. The molecule has 0 radical (unpaired) electrons. The number of rotatable bonds is 3. The van der Waals surface area contributed by atoms with Gasteiger partial charge in [0.05, 0.1) is 17.8 Å². The van der Waals surface area contributed by atoms with Gasteiger partial charge in [-0.3, -0.25) is 4.79 Å². The van der Waals surface area contributed by atoms with Crippen LogP contribution in [0.1, 0.15) is 21.6 Å². The maximum Gasteiger partial charge on any atom is 0.263 e. The highest BCUT2D eigenvalue weighted by Gasteiger charge is 2.24. The van der Waals surface area contributed by atoms with Crippen molar-refractivity contribution < 1.29 is 13.9 Å². The predicted molar refractivity (Wildman–Crippen MR) is 84.4 cm³/mol. The molecule has 0 unspecified atom stereocenters. The van der Waals surface area contributed by atoms with Gasteiger partial charge in [0.1, 0.15) is 11.4 Å². The number of carbonyl (C=O) groups excluding carboxylic acids is 1. The molecule has 2 rings (SSSR count). The fraction of sp³-hybridized carbons (Fsp3) is 0.250. The smallest absolute Gasteiger partial charge is 0.263 e. The lowest BCUT2D eigenvalue weighted by atomic mass is 10.1. The SMILES string of the molecule is COc1nc(C)c(Cl)c(C)c1C(=O)N(C)c1ccc(F)cc1. The van der Waals surface area contributed by atoms with E-state index in [0.717, 1.165) is 0 Å². The van der Waals surface area contributed by atoms with Crippen molar-refractivity contribution in [2.45, 2.75) is 13.8 Å². The number of benzene rings is 1. The number of hydrogen-bond donors (Lipinski definition) is 0. The first-order chi connectivity index (χ1) is 10.4. The molecule has 0 aliphatic carbocycles. The molecule has 22 heavy (non-hydrogen) atoms. The van der Waals surface area contributed by atoms with Gasteiger partial charge < -0.3 is 9.64 Å². The lowest BCUT2D eigenvalue weighted by Gasteiger charge is -2.20. The normalized spacial score (nSPS) is 10.5. The summed E-state index contributed by atoms with van der Waals surface area (Å²) in [5.41, 5.74) is 2.05. The van der Waals surface area contributed by atoms with E-state index in [4.69, 9.17) is 16.3 Å². The summed E-state index contributed by atoms with van der Waals surface area (Å²) in [6.45, 7) is 3.49. The van der Waals surface area contributed by atoms with Crippen molar-refractivity contribution in [2.75, 3.05) is 19.1 Å². The average Bonchev–Trinajstić information content (AvgIpc) is 2.51. The summed E-state index contributed by atoms with van der Waals surface area (Å²) in [5.74, 6) is -0.466. The molecular weight excluding hydrogens is 307 g/mol. The molecule has 1 aromatic carbocycles. The van der Waals surface area contributed by atoms with Gasteiger partial charge in [0.15, 0.2) is 0 Å². The van der Waals surface area contributed by atoms with Crippen molar-refractivity contribution >= 4 is 23.2 Å². The largest absolute Gasteiger partial charge is 0.480 e. The number of aryl methyl sites for hydroxylation is 1. The van der Waals surface area contributed by atoms with Gasteiger partial charge in [-0.05, 0) is 43.7 Å². The molecule has 0 bridgehead atoms. The van der Waals surface area contributed by atoms with Crippen LogP contribution in [-0.4, -0.2) is 25.0 Å². The van der Waals surface area contributed by atoms with Gasteiger partial charge in [0.25, 0.3) is 5.91 Å². The minimum absolute atomic E-state index is 0.221. The molecule has 0 atom stereocenters. The van der Waals surface area contributed by atoms with E-state index in [9.17, 15) is 9.18 Å². The van der Waals surface area contributed by atoms with Crippen molar-refractivity contribution in [3.63, 3.8) is 0 Å². The van der Waals surface area contributed by atoms with Gasteiger partial charge in [0, 0.05) is 12.7 Å². The molecule has 6 heteroatoms. The van der Waals surface area contributed by atoms with Crippen LogP contribution in [0, 0.1) is 19.7 Å². The zero-order chi connectivity index (χ0) is 16.4. The Morgan fingerprint density at radius 3 is 2.41 bits per heavy atom. The highest BCUT2D eigenvalue weighted by Crippen LogP contribution is 2.30. The van der Waals surface area contributed by atoms with Crippen LogP contribution in [0.2, 0.25) is 5.02 Å². The molecule has 0 N–H and O–H groups in total. The van der Waals surface area contributed by atoms with E-state index in [1.807, 2.05) is 0 Å². The average molecular weight is 323 g/mol. The van der Waals surface area contributed by atoms with E-state index < -0.39 is 0 Å². The summed E-state index contributed by atoms with van der Waals surface area (Å²) in [6, 6.07) is 5.64. The zero-order valence-electron chi connectivity index (χ0n) is 12.8. The molecule has 4 nitrogen and oxygen atoms in total. The Morgan fingerprint density at radius 1 is 1.27 bits per heavy atom. The van der Waals surface area contributed by atoms with E-state index in [0.29, 0.717) is 27.5 Å². The molecule has 0 fully saturated rings. The number of carbonyl (C=O) groups is 1. The van der Waals surface area contributed by atoms with Crippen molar-refractivity contribution in [3.05, 3.63) is 51.9 Å². The zero-order valence-corrected chi connectivity index (χ0v) is 13.5. The van der Waals surface area contributed by atoms with Crippen LogP contribution in [0.25, 0.3) is 0 Å². The Hall–Kier alpha value is -2.14. The molecule has 0 aliphatic heterocycles. The number of pyridine rings is 1. The topological polar surface area (TPSA) is 42.4 Å². The monoisotopic (exact) mass is 322 g/mol. The standard InChI is InChI=1S/C16H16ClFN2O2/c1-9-13(15(22-4)19-10(2)14(9)17)16(21)20(3)12-7-5-11(18)6-8-12/h5-8H,1-4H3. The summed E-state index contributed by atoms with van der Waals surface area (Å²) < 4.78 is 18.2. The molecule has 0 spiro atoms. The third-order valence-electron chi connectivity index (χ3n) is 3.43. The highest BCUT2D eigenvalue weighted by atomic mass is 35.5. The molecule has 0 aliphatic rings. The number of aromatic nitrogens is 1. The van der Waals surface area contributed by atoms with Gasteiger partial charge in [-0.25, -0.2) is 9.37 Å². The van der Waals surface area contributed by atoms with Crippen LogP contribution in [0.15, 0.2) is 24.3 Å². The Labute approximate surface area is 133 Å². The molecule has 1 aromatic heterocycles. The first kappa shape index (κ1) is 16.2. The second-order valence-corrected chi connectivity index (χ2v) is 5.24. The van der Waals surface area contributed by atoms with Crippen LogP contribution in [0.3, 0.4) is 0 Å². The molecule has 1 amide bonds. The summed E-state index contributed by atoms with van der Waals surface area (Å²) in [5, 5.41) is 0.427. The lowest BCUT2D eigenvalue weighted by molar-refractivity contribution is 0.0988. The number of ether oxygens (including phenoxy) is 1. The van der Waals surface area contributed by atoms with E-state index in [-0.39, 0.29) is 17.6 Å². The van der Waals surface area contributed by atoms with Gasteiger partial charge in [-0.1, -0.05) is 11.6 Å². The lowest BCUT2D eigenvalue weighted by Crippen LogP contribution is -2.28. The third-order valence-corrected chi connectivity index (χ3v) is 3.99. The first-order valence-corrected chi connectivity index (χ1v) is 6.99. The van der Waals surface area contributed by atoms with Crippen molar-refractivity contribution in [1.29, 1.82) is 0 Å². The van der Waals surface area contributed by atoms with Crippen molar-refractivity contribution in [1.82, 2.24) is 4.98 Å². The summed E-state index contributed by atoms with van der Waals surface area (Å²) in [4.78, 5) is 18.3. The molecule has 116 valence electrons. The van der Waals surface area contributed by atoms with Gasteiger partial charge in [-0.2, -0.15) is 0 Å². The van der Waals surface area contributed by atoms with E-state index >= 15 is 0 Å². The van der Waals surface area contributed by atoms with E-state index in [1.54, 1.807) is 20.9 Å². The number of methoxy groups -OCH3 is 1. The van der Waals surface area contributed by atoms with Crippen LogP contribution in [0.4, 0.5) is 10.1 Å². The van der Waals surface area contributed by atoms with Crippen LogP contribution in [0.5, 0.6) is 5.88 Å². The second kappa shape index (κ2) is 6.32. The van der Waals surface area contributed by atoms with Gasteiger partial charge >= 0.3 is 0 Å². The Kier molecular flexibility index (Phi) is 4.66. The third kappa shape index (κ3) is 2.90. The molecule has 2 aromatic rings. The number of hydrogen-bond acceptors (Lipinski definition) is 3. The number of anilines is 1. The highest BCUT2D eigenvalue weighted by molar-refractivity contribution is 6.32. The molecule has 0 saturated carbocycles. The maximum absolute atomic E-state index is 13.0. The number of nitrogens with zero attached hydrogens (tertiary/aromatic N) is 2. The van der Waals surface area contributed by atoms with Crippen molar-refractivity contribution in [3.8, 4) is 5.88 Å². The molecule has 1 heterocycles. The number of halogens is 2. The Morgan fingerprint density at radius 2 is 1.86 bits per heavy atom. The maximum atomic E-state index is 13.0. The fourth-order valence-corrected chi connectivity index (χ4v) is 2.28. The second-order valence-electron chi connectivity index (χ2n) is 4.86. The van der Waals surface area contributed by atoms with Crippen LogP contribution >= 0.6 is 11.6 Å². The minimum Gasteiger partial charge on any atom is -0.480 e. The predicted octanol–water partition coefficient (Wildman–Crippen LogP) is 3.78. The van der Waals surface area contributed by atoms with Crippen LogP contribution in [-0.2, 0) is 0 Å². The van der Waals surface area contributed by atoms with Gasteiger partial charge in [-0.15, -0.1) is 0 Å². The summed E-state index contributed by atoms with van der Waals surface area (Å²) in [7, 11) is 3.05. The van der Waals surface area contributed by atoms with Gasteiger partial charge in [0.2, 0.25) is 5.88 Å². The Bertz CT molecular complexity index is 717. The molecular formula is C16H16ClFN2O2. The first-order valence-electron chi connectivity index (χ1n) is 6.61. The fourth-order valence-electron chi connectivity index (χ4n) is 2.15. The van der Waals surface area contributed by atoms with Crippen LogP contribution < -0.4 is 9.64 Å². The quantitative estimate of drug-likeness (QED) is 0.863. The summed E-state index contributed by atoms with van der Waals surface area (Å²) >= 11 is 6.19. The van der Waals surface area contributed by atoms with Crippen molar-refractivity contribution in [2.24, 2.45) is 0 Å².